The number of hydrogen-bond donors (Lipinski definition) is 0. The first-order valence-corrected chi connectivity index (χ1v) is 12.7. The fourth-order valence-corrected chi connectivity index (χ4v) is 5.35. The van der Waals surface area contributed by atoms with E-state index in [0.29, 0.717) is 30.6 Å². The molecule has 0 saturated heterocycles. The van der Waals surface area contributed by atoms with Crippen LogP contribution in [0.2, 0.25) is 0 Å². The highest BCUT2D eigenvalue weighted by molar-refractivity contribution is 5.72. The standard InChI is InChI=1S/C27H35N3O5/c1-26(2,3)34-25(32)30(21-15-20(21)17-8-6-5-7-9-17)16-27(12-13-27)24-28-22(35-29-24)18-10-11-19(14-18)23(31)33-4/h5-9,18-21H,10-16H2,1-4H3/t18-,19+,20?,21?/m0/s1. The Labute approximate surface area is 206 Å². The van der Waals surface area contributed by atoms with Gasteiger partial charge in [0.05, 0.1) is 18.4 Å². The van der Waals surface area contributed by atoms with Crippen LogP contribution in [0.1, 0.15) is 88.4 Å². The van der Waals surface area contributed by atoms with E-state index in [1.54, 1.807) is 0 Å². The Kier molecular flexibility index (Phi) is 6.09. The molecule has 4 atom stereocenters. The predicted molar refractivity (Wildman–Crippen MR) is 128 cm³/mol. The van der Waals surface area contributed by atoms with Gasteiger partial charge in [-0.15, -0.1) is 0 Å². The summed E-state index contributed by atoms with van der Waals surface area (Å²) in [6, 6.07) is 10.4. The average molecular weight is 482 g/mol. The lowest BCUT2D eigenvalue weighted by Gasteiger charge is -2.30. The molecular weight excluding hydrogens is 446 g/mol. The molecule has 1 heterocycles. The largest absolute Gasteiger partial charge is 0.469 e. The predicted octanol–water partition coefficient (Wildman–Crippen LogP) is 4.95. The maximum absolute atomic E-state index is 13.3. The van der Waals surface area contributed by atoms with Gasteiger partial charge in [0.2, 0.25) is 5.89 Å². The summed E-state index contributed by atoms with van der Waals surface area (Å²) in [5.74, 6) is 1.37. The first-order chi connectivity index (χ1) is 16.7. The van der Waals surface area contributed by atoms with Crippen molar-refractivity contribution in [1.82, 2.24) is 15.0 Å². The van der Waals surface area contributed by atoms with E-state index in [9.17, 15) is 9.59 Å². The number of ether oxygens (including phenoxy) is 2. The molecule has 0 N–H and O–H groups in total. The normalized spacial score (nSPS) is 26.7. The summed E-state index contributed by atoms with van der Waals surface area (Å²) in [4.78, 5) is 31.9. The molecule has 0 radical (unpaired) electrons. The summed E-state index contributed by atoms with van der Waals surface area (Å²) in [6.45, 7) is 6.20. The molecule has 188 valence electrons. The van der Waals surface area contributed by atoms with E-state index in [1.165, 1.54) is 12.7 Å². The van der Waals surface area contributed by atoms with Gasteiger partial charge in [0, 0.05) is 24.4 Å². The topological polar surface area (TPSA) is 94.8 Å². The average Bonchev–Trinajstić information content (AvgIpc) is 3.67. The Bertz CT molecular complexity index is 1070. The van der Waals surface area contributed by atoms with Gasteiger partial charge in [0.25, 0.3) is 0 Å². The maximum atomic E-state index is 13.3. The molecule has 0 spiro atoms. The van der Waals surface area contributed by atoms with Crippen LogP contribution in [0.4, 0.5) is 4.79 Å². The van der Waals surface area contributed by atoms with E-state index in [0.717, 1.165) is 32.1 Å². The number of benzene rings is 1. The third-order valence-electron chi connectivity index (χ3n) is 7.57. The first kappa shape index (κ1) is 23.8. The van der Waals surface area contributed by atoms with Crippen molar-refractivity contribution in [2.24, 2.45) is 5.92 Å². The SMILES string of the molecule is COC(=O)[C@@H]1CC[C@H](c2nc(C3(CN(C(=O)OC(C)(C)C)C4CC4c4ccccc4)CC3)no2)C1. The third-order valence-corrected chi connectivity index (χ3v) is 7.57. The van der Waals surface area contributed by atoms with Crippen molar-refractivity contribution in [3.8, 4) is 0 Å². The van der Waals surface area contributed by atoms with Gasteiger partial charge in [-0.05, 0) is 64.9 Å². The molecule has 2 aromatic rings. The molecule has 1 aromatic carbocycles. The van der Waals surface area contributed by atoms with Crippen molar-refractivity contribution in [2.75, 3.05) is 13.7 Å². The summed E-state index contributed by atoms with van der Waals surface area (Å²) < 4.78 is 16.4. The number of esters is 1. The van der Waals surface area contributed by atoms with Gasteiger partial charge in [0.15, 0.2) is 5.82 Å². The molecule has 2 unspecified atom stereocenters. The fraction of sp³-hybridized carbons (Fsp3) is 0.630. The Morgan fingerprint density at radius 1 is 1.14 bits per heavy atom. The van der Waals surface area contributed by atoms with Gasteiger partial charge < -0.3 is 18.9 Å². The van der Waals surface area contributed by atoms with Gasteiger partial charge >= 0.3 is 12.1 Å². The number of amides is 1. The molecule has 0 aliphatic heterocycles. The summed E-state index contributed by atoms with van der Waals surface area (Å²) >= 11 is 0. The van der Waals surface area contributed by atoms with Crippen LogP contribution in [-0.4, -0.2) is 52.4 Å². The Balaban J connectivity index is 1.32. The lowest BCUT2D eigenvalue weighted by Crippen LogP contribution is -2.43. The minimum atomic E-state index is -0.568. The second kappa shape index (κ2) is 8.95. The molecule has 3 saturated carbocycles. The second-order valence-electron chi connectivity index (χ2n) is 11.4. The van der Waals surface area contributed by atoms with Crippen molar-refractivity contribution in [3.63, 3.8) is 0 Å². The van der Waals surface area contributed by atoms with Crippen molar-refractivity contribution < 1.29 is 23.6 Å². The molecule has 8 nitrogen and oxygen atoms in total. The van der Waals surface area contributed by atoms with E-state index in [4.69, 9.17) is 19.0 Å². The van der Waals surface area contributed by atoms with Gasteiger partial charge in [-0.2, -0.15) is 4.98 Å². The van der Waals surface area contributed by atoms with Crippen LogP contribution in [0.5, 0.6) is 0 Å². The summed E-state index contributed by atoms with van der Waals surface area (Å²) in [7, 11) is 1.43. The van der Waals surface area contributed by atoms with Crippen LogP contribution in [0.15, 0.2) is 34.9 Å². The molecule has 5 rings (SSSR count). The van der Waals surface area contributed by atoms with Crippen LogP contribution in [0.25, 0.3) is 0 Å². The zero-order valence-corrected chi connectivity index (χ0v) is 21.0. The molecule has 8 heteroatoms. The Hall–Kier alpha value is -2.90. The molecule has 3 aliphatic rings. The molecular formula is C27H35N3O5. The lowest BCUT2D eigenvalue weighted by molar-refractivity contribution is -0.145. The minimum Gasteiger partial charge on any atom is -0.469 e. The highest BCUT2D eigenvalue weighted by Crippen LogP contribution is 2.52. The quantitative estimate of drug-likeness (QED) is 0.516. The third kappa shape index (κ3) is 5.07. The van der Waals surface area contributed by atoms with Crippen molar-refractivity contribution in [3.05, 3.63) is 47.6 Å². The van der Waals surface area contributed by atoms with Gasteiger partial charge in [0.1, 0.15) is 5.60 Å². The number of methoxy groups -OCH3 is 1. The molecule has 35 heavy (non-hydrogen) atoms. The van der Waals surface area contributed by atoms with Crippen molar-refractivity contribution >= 4 is 12.1 Å². The van der Waals surface area contributed by atoms with E-state index in [-0.39, 0.29) is 35.4 Å². The number of rotatable bonds is 7. The van der Waals surface area contributed by atoms with Crippen LogP contribution in [0, 0.1) is 5.92 Å². The van der Waals surface area contributed by atoms with Crippen LogP contribution < -0.4 is 0 Å². The monoisotopic (exact) mass is 481 g/mol. The van der Waals surface area contributed by atoms with Crippen molar-refractivity contribution in [2.45, 2.75) is 88.2 Å². The fourth-order valence-electron chi connectivity index (χ4n) is 5.35. The highest BCUT2D eigenvalue weighted by Gasteiger charge is 2.55. The zero-order chi connectivity index (χ0) is 24.8. The summed E-state index contributed by atoms with van der Waals surface area (Å²) in [5, 5.41) is 4.35. The molecule has 0 bridgehead atoms. The molecule has 1 aromatic heterocycles. The molecule has 3 aliphatic carbocycles. The number of carbonyl (C=O) groups excluding carboxylic acids is 2. The van der Waals surface area contributed by atoms with Gasteiger partial charge in [-0.25, -0.2) is 4.79 Å². The maximum Gasteiger partial charge on any atom is 0.410 e. The van der Waals surface area contributed by atoms with E-state index in [1.807, 2.05) is 43.9 Å². The number of aromatic nitrogens is 2. The number of carbonyl (C=O) groups is 2. The Morgan fingerprint density at radius 2 is 1.89 bits per heavy atom. The van der Waals surface area contributed by atoms with Crippen LogP contribution in [0.3, 0.4) is 0 Å². The highest BCUT2D eigenvalue weighted by atomic mass is 16.6. The first-order valence-electron chi connectivity index (χ1n) is 12.7. The number of nitrogens with zero attached hydrogens (tertiary/aromatic N) is 3. The van der Waals surface area contributed by atoms with E-state index < -0.39 is 5.60 Å². The second-order valence-corrected chi connectivity index (χ2v) is 11.4. The smallest absolute Gasteiger partial charge is 0.410 e. The Morgan fingerprint density at radius 3 is 2.54 bits per heavy atom. The van der Waals surface area contributed by atoms with Gasteiger partial charge in [-0.3, -0.25) is 4.79 Å². The summed E-state index contributed by atoms with van der Waals surface area (Å²) in [6.07, 6.45) is 4.73. The van der Waals surface area contributed by atoms with E-state index in [2.05, 4.69) is 17.3 Å². The van der Waals surface area contributed by atoms with Crippen LogP contribution in [-0.2, 0) is 19.7 Å². The minimum absolute atomic E-state index is 0.0732. The summed E-state index contributed by atoms with van der Waals surface area (Å²) in [5.41, 5.74) is 0.378. The molecule has 1 amide bonds. The van der Waals surface area contributed by atoms with Crippen molar-refractivity contribution in [1.29, 1.82) is 0 Å². The zero-order valence-electron chi connectivity index (χ0n) is 21.0. The van der Waals surface area contributed by atoms with Gasteiger partial charge in [-0.1, -0.05) is 35.5 Å². The van der Waals surface area contributed by atoms with Crippen LogP contribution >= 0.6 is 0 Å². The lowest BCUT2D eigenvalue weighted by atomic mass is 10.0. The van der Waals surface area contributed by atoms with E-state index >= 15 is 0 Å². The molecule has 3 fully saturated rings. The number of hydrogen-bond acceptors (Lipinski definition) is 7.